The number of rotatable bonds is 0. The molecule has 0 saturated heterocycles. The van der Waals surface area contributed by atoms with E-state index in [1.807, 2.05) is 12.1 Å². The smallest absolute Gasteiger partial charge is 0.0613 e. The van der Waals surface area contributed by atoms with Crippen LogP contribution in [0.1, 0.15) is 36.6 Å². The van der Waals surface area contributed by atoms with Gasteiger partial charge >= 0.3 is 0 Å². The summed E-state index contributed by atoms with van der Waals surface area (Å²) in [6.07, 6.45) is 4.49. The van der Waals surface area contributed by atoms with Crippen molar-refractivity contribution in [3.8, 4) is 0 Å². The molecule has 98 valence electrons. The maximum Gasteiger partial charge on any atom is 0.0613 e. The summed E-state index contributed by atoms with van der Waals surface area (Å²) in [5.74, 6) is 0. The van der Waals surface area contributed by atoms with Crippen molar-refractivity contribution in [1.29, 1.82) is 0 Å². The minimum absolute atomic E-state index is 0. The Morgan fingerprint density at radius 1 is 1.17 bits per heavy atom. The zero-order valence-electron chi connectivity index (χ0n) is 9.80. The lowest BCUT2D eigenvalue weighted by Gasteiger charge is -2.07. The Hall–Kier alpha value is -0.410. The number of fused-ring (bicyclic) bond motifs is 3. The minimum atomic E-state index is 0. The van der Waals surface area contributed by atoms with Crippen LogP contribution in [0.2, 0.25) is 10.0 Å². The van der Waals surface area contributed by atoms with Crippen LogP contribution >= 0.6 is 35.6 Å². The molecule has 1 aromatic carbocycles. The van der Waals surface area contributed by atoms with Gasteiger partial charge in [-0.05, 0) is 37.0 Å². The van der Waals surface area contributed by atoms with E-state index in [-0.39, 0.29) is 18.4 Å². The average Bonchev–Trinajstić information content (AvgIpc) is 2.53. The van der Waals surface area contributed by atoms with Crippen LogP contribution in [0.15, 0.2) is 12.1 Å². The maximum absolute atomic E-state index is 6.19. The Morgan fingerprint density at radius 2 is 1.89 bits per heavy atom. The fourth-order valence-electron chi connectivity index (χ4n) is 2.66. The third kappa shape index (κ3) is 2.23. The van der Waals surface area contributed by atoms with Crippen LogP contribution in [0.5, 0.6) is 0 Å². The quantitative estimate of drug-likeness (QED) is 0.685. The summed E-state index contributed by atoms with van der Waals surface area (Å²) in [7, 11) is 0. The molecule has 18 heavy (non-hydrogen) atoms. The Kier molecular flexibility index (Phi) is 4.12. The van der Waals surface area contributed by atoms with Crippen molar-refractivity contribution in [3.05, 3.63) is 33.4 Å². The van der Waals surface area contributed by atoms with E-state index in [0.717, 1.165) is 24.1 Å². The minimum Gasteiger partial charge on any atom is -0.357 e. The van der Waals surface area contributed by atoms with Gasteiger partial charge in [0.15, 0.2) is 0 Å². The first-order valence-electron chi connectivity index (χ1n) is 5.92. The molecule has 0 aliphatic heterocycles. The predicted molar refractivity (Wildman–Crippen MR) is 80.1 cm³/mol. The molecule has 5 heteroatoms. The number of H-pyrrole nitrogens is 1. The standard InChI is InChI=1S/C13H14Cl2N2.ClH/c14-9-5-8-7-3-1-2-4-11(16)13(7)17-12(8)6-10(9)15;/h5-6,11,17H,1-4,16H2;1H. The predicted octanol–water partition coefficient (Wildman–Crippen LogP) is 4.62. The molecule has 0 bridgehead atoms. The van der Waals surface area contributed by atoms with Crippen LogP contribution in [0.3, 0.4) is 0 Å². The molecule has 1 aliphatic rings. The Labute approximate surface area is 122 Å². The zero-order valence-corrected chi connectivity index (χ0v) is 12.1. The van der Waals surface area contributed by atoms with Crippen molar-refractivity contribution in [1.82, 2.24) is 4.98 Å². The number of aromatic amines is 1. The molecule has 2 aromatic rings. The zero-order chi connectivity index (χ0) is 12.0. The summed E-state index contributed by atoms with van der Waals surface area (Å²) < 4.78 is 0. The summed E-state index contributed by atoms with van der Waals surface area (Å²) in [5, 5.41) is 2.37. The summed E-state index contributed by atoms with van der Waals surface area (Å²) in [6, 6.07) is 3.95. The van der Waals surface area contributed by atoms with E-state index in [9.17, 15) is 0 Å². The molecule has 1 aliphatic carbocycles. The van der Waals surface area contributed by atoms with E-state index in [1.54, 1.807) is 0 Å². The van der Waals surface area contributed by atoms with Gasteiger partial charge in [-0.3, -0.25) is 0 Å². The van der Waals surface area contributed by atoms with Crippen LogP contribution in [0.4, 0.5) is 0 Å². The van der Waals surface area contributed by atoms with Gasteiger partial charge in [0.25, 0.3) is 0 Å². The lowest BCUT2D eigenvalue weighted by molar-refractivity contribution is 0.606. The SMILES string of the molecule is Cl.NC1CCCCc2c1[nH]c1cc(Cl)c(Cl)cc21. The third-order valence-corrected chi connectivity index (χ3v) is 4.26. The van der Waals surface area contributed by atoms with Crippen molar-refractivity contribution in [2.45, 2.75) is 31.7 Å². The van der Waals surface area contributed by atoms with E-state index >= 15 is 0 Å². The van der Waals surface area contributed by atoms with Gasteiger partial charge in [0, 0.05) is 22.6 Å². The van der Waals surface area contributed by atoms with Gasteiger partial charge in [-0.2, -0.15) is 0 Å². The Morgan fingerprint density at radius 3 is 2.67 bits per heavy atom. The number of nitrogens with one attached hydrogen (secondary N) is 1. The second-order valence-corrected chi connectivity index (χ2v) is 5.50. The van der Waals surface area contributed by atoms with Crippen LogP contribution in [-0.2, 0) is 6.42 Å². The van der Waals surface area contributed by atoms with Crippen molar-refractivity contribution < 1.29 is 0 Å². The lowest BCUT2D eigenvalue weighted by Crippen LogP contribution is -2.10. The molecule has 0 saturated carbocycles. The van der Waals surface area contributed by atoms with E-state index in [1.165, 1.54) is 23.8 Å². The fraction of sp³-hybridized carbons (Fsp3) is 0.385. The molecular weight excluding hydrogens is 291 g/mol. The van der Waals surface area contributed by atoms with Crippen molar-refractivity contribution >= 4 is 46.5 Å². The normalized spacial score (nSPS) is 19.2. The van der Waals surface area contributed by atoms with Crippen LogP contribution in [0.25, 0.3) is 10.9 Å². The largest absolute Gasteiger partial charge is 0.357 e. The average molecular weight is 306 g/mol. The van der Waals surface area contributed by atoms with Gasteiger partial charge in [-0.25, -0.2) is 0 Å². The highest BCUT2D eigenvalue weighted by Gasteiger charge is 2.20. The highest BCUT2D eigenvalue weighted by Crippen LogP contribution is 2.36. The summed E-state index contributed by atoms with van der Waals surface area (Å²) in [4.78, 5) is 3.41. The molecule has 1 unspecified atom stereocenters. The molecular formula is C13H15Cl3N2. The van der Waals surface area contributed by atoms with Crippen molar-refractivity contribution in [3.63, 3.8) is 0 Å². The van der Waals surface area contributed by atoms with E-state index in [4.69, 9.17) is 28.9 Å². The van der Waals surface area contributed by atoms with Gasteiger partial charge in [0.05, 0.1) is 10.0 Å². The highest BCUT2D eigenvalue weighted by molar-refractivity contribution is 6.42. The number of aryl methyl sites for hydroxylation is 1. The first kappa shape index (κ1) is 14.0. The molecule has 3 rings (SSSR count). The monoisotopic (exact) mass is 304 g/mol. The van der Waals surface area contributed by atoms with Gasteiger partial charge in [-0.15, -0.1) is 12.4 Å². The number of nitrogens with two attached hydrogens (primary N) is 1. The van der Waals surface area contributed by atoms with Gasteiger partial charge in [-0.1, -0.05) is 29.6 Å². The number of hydrogen-bond acceptors (Lipinski definition) is 1. The maximum atomic E-state index is 6.19. The number of halogens is 3. The van der Waals surface area contributed by atoms with Gasteiger partial charge in [0.1, 0.15) is 0 Å². The van der Waals surface area contributed by atoms with Crippen LogP contribution < -0.4 is 5.73 Å². The Balaban J connectivity index is 0.00000120. The van der Waals surface area contributed by atoms with E-state index in [2.05, 4.69) is 4.98 Å². The summed E-state index contributed by atoms with van der Waals surface area (Å²) >= 11 is 12.1. The second kappa shape index (κ2) is 5.30. The molecule has 1 atom stereocenters. The third-order valence-electron chi connectivity index (χ3n) is 3.54. The first-order chi connectivity index (χ1) is 8.16. The molecule has 1 aromatic heterocycles. The van der Waals surface area contributed by atoms with Crippen LogP contribution in [0, 0.1) is 0 Å². The molecule has 2 nitrogen and oxygen atoms in total. The molecule has 1 heterocycles. The molecule has 0 amide bonds. The molecule has 0 radical (unpaired) electrons. The first-order valence-corrected chi connectivity index (χ1v) is 6.67. The van der Waals surface area contributed by atoms with Gasteiger partial charge in [0.2, 0.25) is 0 Å². The van der Waals surface area contributed by atoms with Crippen molar-refractivity contribution in [2.75, 3.05) is 0 Å². The Bertz CT molecular complexity index is 577. The number of benzene rings is 1. The fourth-order valence-corrected chi connectivity index (χ4v) is 2.99. The topological polar surface area (TPSA) is 41.8 Å². The number of aromatic nitrogens is 1. The number of hydrogen-bond donors (Lipinski definition) is 2. The van der Waals surface area contributed by atoms with E-state index < -0.39 is 0 Å². The summed E-state index contributed by atoms with van der Waals surface area (Å²) in [6.45, 7) is 0. The van der Waals surface area contributed by atoms with E-state index in [0.29, 0.717) is 10.0 Å². The molecule has 3 N–H and O–H groups in total. The van der Waals surface area contributed by atoms with Crippen molar-refractivity contribution in [2.24, 2.45) is 5.73 Å². The second-order valence-electron chi connectivity index (χ2n) is 4.68. The molecule has 0 fully saturated rings. The van der Waals surface area contributed by atoms with Crippen LogP contribution in [-0.4, -0.2) is 4.98 Å². The van der Waals surface area contributed by atoms with Gasteiger partial charge < -0.3 is 10.7 Å². The molecule has 0 spiro atoms. The highest BCUT2D eigenvalue weighted by atomic mass is 35.5. The lowest BCUT2D eigenvalue weighted by atomic mass is 10.1. The summed E-state index contributed by atoms with van der Waals surface area (Å²) in [5.41, 5.74) is 9.72.